The van der Waals surface area contributed by atoms with Gasteiger partial charge in [0.1, 0.15) is 12.2 Å². The molecule has 0 aliphatic carbocycles. The van der Waals surface area contributed by atoms with Crippen LogP contribution in [-0.4, -0.2) is 125 Å². The Morgan fingerprint density at radius 2 is 1.73 bits per heavy atom. The number of rotatable bonds is 10. The third kappa shape index (κ3) is 13.7. The highest BCUT2D eigenvalue weighted by Gasteiger charge is 2.52. The van der Waals surface area contributed by atoms with Crippen molar-refractivity contribution in [1.29, 1.82) is 0 Å². The van der Waals surface area contributed by atoms with E-state index in [0.717, 1.165) is 5.57 Å². The van der Waals surface area contributed by atoms with Gasteiger partial charge in [0.2, 0.25) is 5.76 Å². The Bertz CT molecular complexity index is 1520. The molecule has 3 heterocycles. The molecule has 59 heavy (non-hydrogen) atoms. The lowest BCUT2D eigenvalue weighted by atomic mass is 9.77. The molecule has 0 spiro atoms. The van der Waals surface area contributed by atoms with Gasteiger partial charge in [-0.2, -0.15) is 0 Å². The van der Waals surface area contributed by atoms with Crippen molar-refractivity contribution in [2.75, 3.05) is 14.2 Å². The molecular formula is C44H71NO14. The van der Waals surface area contributed by atoms with Crippen molar-refractivity contribution in [2.45, 2.75) is 161 Å². The molecule has 3 rings (SSSR count). The molecule has 0 aromatic carbocycles. The van der Waals surface area contributed by atoms with Crippen LogP contribution in [0.5, 0.6) is 0 Å². The number of amides is 1. The van der Waals surface area contributed by atoms with Crippen molar-refractivity contribution in [3.8, 4) is 0 Å². The molecule has 0 bridgehead atoms. The Kier molecular flexibility index (Phi) is 19.3. The molecule has 0 aromatic rings. The van der Waals surface area contributed by atoms with Crippen molar-refractivity contribution in [3.63, 3.8) is 0 Å². The summed E-state index contributed by atoms with van der Waals surface area (Å²) in [5.74, 6) is -5.57. The van der Waals surface area contributed by atoms with Crippen LogP contribution < -0.4 is 5.73 Å². The van der Waals surface area contributed by atoms with Gasteiger partial charge in [-0.3, -0.25) is 0 Å². The van der Waals surface area contributed by atoms with Crippen LogP contribution in [0.25, 0.3) is 0 Å². The van der Waals surface area contributed by atoms with E-state index in [0.29, 0.717) is 12.0 Å². The predicted octanol–water partition coefficient (Wildman–Crippen LogP) is 4.35. The lowest BCUT2D eigenvalue weighted by Gasteiger charge is -2.49. The van der Waals surface area contributed by atoms with Crippen molar-refractivity contribution < 1.29 is 68.3 Å². The Labute approximate surface area is 349 Å². The molecule has 15 nitrogen and oxygen atoms in total. The second-order valence-corrected chi connectivity index (χ2v) is 16.8. The number of carbonyl (C=O) groups is 2. The zero-order chi connectivity index (χ0) is 44.4. The fourth-order valence-corrected chi connectivity index (χ4v) is 8.17. The van der Waals surface area contributed by atoms with Gasteiger partial charge >= 0.3 is 12.1 Å². The van der Waals surface area contributed by atoms with E-state index in [1.807, 2.05) is 40.7 Å². The summed E-state index contributed by atoms with van der Waals surface area (Å²) in [6.45, 7) is 16.1. The highest BCUT2D eigenvalue weighted by Crippen LogP contribution is 2.42. The number of hydrogen-bond acceptors (Lipinski definition) is 14. The van der Waals surface area contributed by atoms with Gasteiger partial charge in [0.05, 0.1) is 49.8 Å². The van der Waals surface area contributed by atoms with Gasteiger partial charge in [0.25, 0.3) is 0 Å². The predicted molar refractivity (Wildman–Crippen MR) is 219 cm³/mol. The van der Waals surface area contributed by atoms with E-state index < -0.39 is 97.0 Å². The average molecular weight is 838 g/mol. The van der Waals surface area contributed by atoms with E-state index >= 15 is 0 Å². The first-order valence-corrected chi connectivity index (χ1v) is 20.7. The summed E-state index contributed by atoms with van der Waals surface area (Å²) in [5.41, 5.74) is 6.77. The smallest absolute Gasteiger partial charge is 0.404 e. The Hall–Kier alpha value is -3.12. The maximum Gasteiger partial charge on any atom is 0.404 e. The minimum Gasteiger partial charge on any atom is -0.490 e. The first kappa shape index (κ1) is 50.2. The van der Waals surface area contributed by atoms with Crippen molar-refractivity contribution >= 4 is 12.1 Å². The summed E-state index contributed by atoms with van der Waals surface area (Å²) in [7, 11) is 2.80. The number of primary amides is 1. The highest BCUT2D eigenvalue weighted by molar-refractivity contribution is 5.87. The molecule has 7 N–H and O–H groups in total. The molecule has 2 saturated heterocycles. The molecule has 17 atom stereocenters. The van der Waals surface area contributed by atoms with E-state index in [1.54, 1.807) is 58.1 Å². The lowest BCUT2D eigenvalue weighted by molar-refractivity contribution is -0.338. The number of esters is 1. The number of nitrogens with two attached hydrogens (primary N) is 1. The SMILES string of the molecule is C/C=C/[C@H]1O[C@@](O)([C@@H](C)[C@H](O)[C@H](C)[C@H]2OC(=O)/C(OC)=C\C(C)=C/[C@@H](C)[C@@H](O)C[C@@H](O)[C@H](C)C/C(C)=C\C=C/[C@@H]2OC)C[C@@H](O[C@H]2C[C@@H](O)[C@H](OC(N)=O)[C@H](C)O2)[C@@H]1C. The van der Waals surface area contributed by atoms with Gasteiger partial charge in [0.15, 0.2) is 18.2 Å². The topological polar surface area (TPSA) is 226 Å². The van der Waals surface area contributed by atoms with E-state index in [-0.39, 0.29) is 42.8 Å². The number of aliphatic hydroxyl groups excluding tert-OH is 4. The first-order valence-electron chi connectivity index (χ1n) is 20.7. The summed E-state index contributed by atoms with van der Waals surface area (Å²) in [4.78, 5) is 25.2. The van der Waals surface area contributed by atoms with E-state index in [2.05, 4.69) is 0 Å². The second-order valence-electron chi connectivity index (χ2n) is 16.8. The quantitative estimate of drug-likeness (QED) is 0.133. The molecule has 2 fully saturated rings. The number of aliphatic hydroxyl groups is 5. The van der Waals surface area contributed by atoms with Gasteiger partial charge in [-0.05, 0) is 46.1 Å². The largest absolute Gasteiger partial charge is 0.490 e. The highest BCUT2D eigenvalue weighted by atomic mass is 16.7. The van der Waals surface area contributed by atoms with Crippen LogP contribution in [0, 0.1) is 29.6 Å². The third-order valence-corrected chi connectivity index (χ3v) is 12.0. The molecule has 336 valence electrons. The maximum absolute atomic E-state index is 13.8. The van der Waals surface area contributed by atoms with Crippen LogP contribution in [0.4, 0.5) is 4.79 Å². The zero-order valence-corrected chi connectivity index (χ0v) is 36.6. The molecule has 0 unspecified atom stereocenters. The van der Waals surface area contributed by atoms with Crippen LogP contribution in [0.1, 0.15) is 88.0 Å². The molecule has 3 aliphatic rings. The summed E-state index contributed by atoms with van der Waals surface area (Å²) in [6.07, 6.45) is 1.79. The van der Waals surface area contributed by atoms with E-state index in [9.17, 15) is 35.1 Å². The van der Waals surface area contributed by atoms with Crippen LogP contribution in [-0.2, 0) is 38.0 Å². The third-order valence-electron chi connectivity index (χ3n) is 12.0. The van der Waals surface area contributed by atoms with E-state index in [4.69, 9.17) is 38.9 Å². The number of cyclic esters (lactones) is 1. The zero-order valence-electron chi connectivity index (χ0n) is 36.6. The minimum atomic E-state index is -1.97. The number of carbonyl (C=O) groups excluding carboxylic acids is 2. The molecular weight excluding hydrogens is 766 g/mol. The molecule has 3 aliphatic heterocycles. The average Bonchev–Trinajstić information content (AvgIpc) is 3.16. The number of ether oxygens (including phenoxy) is 7. The number of hydrogen-bond donors (Lipinski definition) is 6. The van der Waals surface area contributed by atoms with Gasteiger partial charge in [-0.15, -0.1) is 0 Å². The minimum absolute atomic E-state index is 0.0306. The molecule has 0 aromatic heterocycles. The Morgan fingerprint density at radius 3 is 2.32 bits per heavy atom. The summed E-state index contributed by atoms with van der Waals surface area (Å²) in [6, 6.07) is 0. The molecule has 1 amide bonds. The molecule has 0 saturated carbocycles. The fourth-order valence-electron chi connectivity index (χ4n) is 8.17. The van der Waals surface area contributed by atoms with E-state index in [1.165, 1.54) is 20.3 Å². The second kappa shape index (κ2) is 22.6. The van der Waals surface area contributed by atoms with Gasteiger partial charge in [-0.1, -0.05) is 82.2 Å². The van der Waals surface area contributed by atoms with Crippen molar-refractivity contribution in [3.05, 3.63) is 59.4 Å². The number of methoxy groups -OCH3 is 2. The van der Waals surface area contributed by atoms with Crippen LogP contribution in [0.15, 0.2) is 59.4 Å². The first-order chi connectivity index (χ1) is 27.7. The Balaban J connectivity index is 1.98. The van der Waals surface area contributed by atoms with Gasteiger partial charge in [-0.25, -0.2) is 9.59 Å². The Morgan fingerprint density at radius 1 is 1.05 bits per heavy atom. The molecule has 15 heteroatoms. The normalized spacial score (nSPS) is 41.9. The monoisotopic (exact) mass is 837 g/mol. The van der Waals surface area contributed by atoms with Gasteiger partial charge in [0, 0.05) is 50.0 Å². The van der Waals surface area contributed by atoms with Crippen LogP contribution >= 0.6 is 0 Å². The van der Waals surface area contributed by atoms with Crippen molar-refractivity contribution in [2.24, 2.45) is 35.3 Å². The van der Waals surface area contributed by atoms with Gasteiger partial charge < -0.3 is 64.4 Å². The summed E-state index contributed by atoms with van der Waals surface area (Å²) in [5, 5.41) is 57.0. The standard InChI is InChI=1S/C44H71NO14/c1-12-14-34-27(6)37(56-38-21-33(48)41(30(9)55-38)58-43(45)51)22-44(52,59-34)29(8)39(49)28(7)40-35(53-10)16-13-15-23(2)17-25(4)31(46)20-32(47)26(5)18-24(3)19-36(54-11)42(50)57-40/h12-16,18-19,25-35,37-41,46-49,52H,17,20-22H2,1-11H3,(H2,45,51)/b14-12+,16-13-,23-15-,24-18-,36-19+/t25-,26-,27-,28+,29+,30+,31-,32+,33-,34-,35+,37-,38+,39-,40-,41-,44-/m1/s1. The van der Waals surface area contributed by atoms with Crippen LogP contribution in [0.2, 0.25) is 0 Å². The number of allylic oxidation sites excluding steroid dienone is 6. The fraction of sp³-hybridized carbons (Fsp3) is 0.727. The summed E-state index contributed by atoms with van der Waals surface area (Å²) >= 11 is 0. The summed E-state index contributed by atoms with van der Waals surface area (Å²) < 4.78 is 41.2. The van der Waals surface area contributed by atoms with Crippen LogP contribution in [0.3, 0.4) is 0 Å². The molecule has 0 radical (unpaired) electrons. The van der Waals surface area contributed by atoms with Crippen molar-refractivity contribution in [1.82, 2.24) is 0 Å². The maximum atomic E-state index is 13.8. The lowest BCUT2D eigenvalue weighted by Crippen LogP contribution is -2.59.